The van der Waals surface area contributed by atoms with Crippen molar-refractivity contribution in [2.75, 3.05) is 14.2 Å². The predicted molar refractivity (Wildman–Crippen MR) is 123 cm³/mol. The van der Waals surface area contributed by atoms with Crippen LogP contribution >= 0.6 is 11.6 Å². The fourth-order valence-electron chi connectivity index (χ4n) is 3.79. The van der Waals surface area contributed by atoms with Crippen molar-refractivity contribution in [3.63, 3.8) is 0 Å². The number of ether oxygens (including phenoxy) is 2. The Morgan fingerprint density at radius 3 is 2.42 bits per heavy atom. The molecule has 168 valence electrons. The number of ketones is 1. The van der Waals surface area contributed by atoms with Gasteiger partial charge < -0.3 is 19.5 Å². The van der Waals surface area contributed by atoms with Crippen molar-refractivity contribution >= 4 is 29.1 Å². The van der Waals surface area contributed by atoms with E-state index in [4.69, 9.17) is 21.1 Å². The van der Waals surface area contributed by atoms with Gasteiger partial charge in [-0.25, -0.2) is 0 Å². The highest BCUT2D eigenvalue weighted by molar-refractivity contribution is 6.46. The third-order valence-electron chi connectivity index (χ3n) is 5.45. The van der Waals surface area contributed by atoms with Crippen LogP contribution in [0.25, 0.3) is 5.76 Å². The van der Waals surface area contributed by atoms with Crippen LogP contribution in [-0.4, -0.2) is 40.9 Å². The normalized spacial score (nSPS) is 17.3. The Labute approximate surface area is 195 Å². The van der Waals surface area contributed by atoms with E-state index in [1.165, 1.54) is 18.1 Å². The molecular weight excluding hydrogens is 444 g/mol. The second-order valence-corrected chi connectivity index (χ2v) is 7.79. The molecule has 7 nitrogen and oxygen atoms in total. The summed E-state index contributed by atoms with van der Waals surface area (Å²) in [5, 5.41) is 11.4. The summed E-state index contributed by atoms with van der Waals surface area (Å²) < 4.78 is 10.3. The maximum absolute atomic E-state index is 13.1. The number of pyridine rings is 1. The molecule has 0 aliphatic carbocycles. The summed E-state index contributed by atoms with van der Waals surface area (Å²) in [5.41, 5.74) is 1.51. The standard InChI is InChI=1S/C25H21ClN2O5/c1-32-17-9-6-15(7-10-17)14-28-22(19-5-3-4-12-27-19)21(24(30)25(28)31)23(29)16-8-11-20(33-2)18(26)13-16/h3-13,22,29H,14H2,1-2H3/b23-21-. The van der Waals surface area contributed by atoms with E-state index in [1.54, 1.807) is 55.8 Å². The van der Waals surface area contributed by atoms with Gasteiger partial charge in [-0.1, -0.05) is 29.8 Å². The maximum Gasteiger partial charge on any atom is 0.296 e. The van der Waals surface area contributed by atoms with Crippen LogP contribution in [0.2, 0.25) is 5.02 Å². The van der Waals surface area contributed by atoms with Crippen molar-refractivity contribution in [1.82, 2.24) is 9.88 Å². The number of aliphatic hydroxyl groups is 1. The molecule has 1 amide bonds. The molecule has 1 aliphatic heterocycles. The number of carbonyl (C=O) groups is 2. The third-order valence-corrected chi connectivity index (χ3v) is 5.74. The van der Waals surface area contributed by atoms with Gasteiger partial charge in [-0.15, -0.1) is 0 Å². The number of benzene rings is 2. The quantitative estimate of drug-likeness (QED) is 0.331. The summed E-state index contributed by atoms with van der Waals surface area (Å²) in [4.78, 5) is 31.9. The molecule has 1 aliphatic rings. The molecule has 33 heavy (non-hydrogen) atoms. The lowest BCUT2D eigenvalue weighted by Crippen LogP contribution is -2.29. The zero-order chi connectivity index (χ0) is 23.5. The van der Waals surface area contributed by atoms with Gasteiger partial charge in [-0.2, -0.15) is 0 Å². The number of hydrogen-bond donors (Lipinski definition) is 1. The number of aliphatic hydroxyl groups excluding tert-OH is 1. The van der Waals surface area contributed by atoms with E-state index >= 15 is 0 Å². The lowest BCUT2D eigenvalue weighted by atomic mass is 9.98. The molecule has 0 spiro atoms. The molecule has 3 aromatic rings. The number of methoxy groups -OCH3 is 2. The monoisotopic (exact) mass is 464 g/mol. The summed E-state index contributed by atoms with van der Waals surface area (Å²) >= 11 is 6.22. The smallest absolute Gasteiger partial charge is 0.296 e. The molecule has 1 saturated heterocycles. The van der Waals surface area contributed by atoms with Gasteiger partial charge in [0.25, 0.3) is 11.7 Å². The van der Waals surface area contributed by atoms with E-state index in [2.05, 4.69) is 4.98 Å². The zero-order valence-electron chi connectivity index (χ0n) is 18.0. The van der Waals surface area contributed by atoms with Crippen LogP contribution < -0.4 is 9.47 Å². The maximum atomic E-state index is 13.1. The zero-order valence-corrected chi connectivity index (χ0v) is 18.7. The van der Waals surface area contributed by atoms with Gasteiger partial charge in [0, 0.05) is 18.3 Å². The largest absolute Gasteiger partial charge is 0.507 e. The molecule has 1 aromatic heterocycles. The SMILES string of the molecule is COc1ccc(CN2C(=O)C(=O)/C(=C(\O)c3ccc(OC)c(Cl)c3)C2c2ccccn2)cc1. The topological polar surface area (TPSA) is 89.0 Å². The molecular formula is C25H21ClN2O5. The highest BCUT2D eigenvalue weighted by atomic mass is 35.5. The van der Waals surface area contributed by atoms with E-state index in [1.807, 2.05) is 12.1 Å². The first-order valence-corrected chi connectivity index (χ1v) is 10.5. The molecule has 0 radical (unpaired) electrons. The molecule has 1 N–H and O–H groups in total. The highest BCUT2D eigenvalue weighted by Crippen LogP contribution is 2.40. The van der Waals surface area contributed by atoms with Gasteiger partial charge in [0.15, 0.2) is 0 Å². The fraction of sp³-hybridized carbons (Fsp3) is 0.160. The van der Waals surface area contributed by atoms with Crippen LogP contribution in [-0.2, 0) is 16.1 Å². The molecule has 4 rings (SSSR count). The molecule has 1 atom stereocenters. The molecule has 2 aromatic carbocycles. The number of amides is 1. The van der Waals surface area contributed by atoms with Crippen LogP contribution in [0.3, 0.4) is 0 Å². The Kier molecular flexibility index (Phi) is 6.33. The molecule has 1 unspecified atom stereocenters. The summed E-state index contributed by atoms with van der Waals surface area (Å²) in [5.74, 6) is -0.732. The van der Waals surface area contributed by atoms with Crippen LogP contribution in [0.5, 0.6) is 11.5 Å². The number of aromatic nitrogens is 1. The number of Topliss-reactive ketones (excluding diaryl/α,β-unsaturated/α-hetero) is 1. The van der Waals surface area contributed by atoms with Gasteiger partial charge in [0.2, 0.25) is 0 Å². The summed E-state index contributed by atoms with van der Waals surface area (Å²) in [6, 6.07) is 16.2. The van der Waals surface area contributed by atoms with Crippen molar-refractivity contribution in [3.05, 3.63) is 94.3 Å². The molecule has 2 heterocycles. The van der Waals surface area contributed by atoms with E-state index in [0.29, 0.717) is 22.8 Å². The van der Waals surface area contributed by atoms with Gasteiger partial charge in [0.1, 0.15) is 23.3 Å². The van der Waals surface area contributed by atoms with E-state index in [-0.39, 0.29) is 22.9 Å². The number of carbonyl (C=O) groups excluding carboxylic acids is 2. The Balaban J connectivity index is 1.81. The number of rotatable bonds is 6. The number of likely N-dealkylation sites (tertiary alicyclic amines) is 1. The van der Waals surface area contributed by atoms with Crippen LogP contribution in [0, 0.1) is 0 Å². The van der Waals surface area contributed by atoms with Crippen LogP contribution in [0.15, 0.2) is 72.4 Å². The Hall–Kier alpha value is -3.84. The first kappa shape index (κ1) is 22.4. The second-order valence-electron chi connectivity index (χ2n) is 7.38. The molecule has 1 fully saturated rings. The summed E-state index contributed by atoms with van der Waals surface area (Å²) in [7, 11) is 3.05. The van der Waals surface area contributed by atoms with Crippen molar-refractivity contribution in [3.8, 4) is 11.5 Å². The van der Waals surface area contributed by atoms with Crippen molar-refractivity contribution in [1.29, 1.82) is 0 Å². The molecule has 8 heteroatoms. The highest BCUT2D eigenvalue weighted by Gasteiger charge is 2.46. The Bertz CT molecular complexity index is 1230. The van der Waals surface area contributed by atoms with E-state index in [0.717, 1.165) is 5.56 Å². The number of nitrogens with zero attached hydrogens (tertiary/aromatic N) is 2. The van der Waals surface area contributed by atoms with E-state index < -0.39 is 17.7 Å². The average Bonchev–Trinajstić information content (AvgIpc) is 3.09. The Morgan fingerprint density at radius 1 is 1.06 bits per heavy atom. The lowest BCUT2D eigenvalue weighted by Gasteiger charge is -2.24. The minimum absolute atomic E-state index is 0.0477. The third kappa shape index (κ3) is 4.27. The average molecular weight is 465 g/mol. The molecule has 0 bridgehead atoms. The predicted octanol–water partition coefficient (Wildman–Crippen LogP) is 4.37. The van der Waals surface area contributed by atoms with E-state index in [9.17, 15) is 14.7 Å². The van der Waals surface area contributed by atoms with Crippen molar-refractivity contribution < 1.29 is 24.2 Å². The van der Waals surface area contributed by atoms with Gasteiger partial charge in [-0.3, -0.25) is 14.6 Å². The van der Waals surface area contributed by atoms with Gasteiger partial charge >= 0.3 is 0 Å². The molecule has 0 saturated carbocycles. The fourth-order valence-corrected chi connectivity index (χ4v) is 4.04. The second kappa shape index (κ2) is 9.34. The van der Waals surface area contributed by atoms with Gasteiger partial charge in [0.05, 0.1) is 30.5 Å². The summed E-state index contributed by atoms with van der Waals surface area (Å²) in [6.07, 6.45) is 1.58. The lowest BCUT2D eigenvalue weighted by molar-refractivity contribution is -0.140. The van der Waals surface area contributed by atoms with Crippen LogP contribution in [0.4, 0.5) is 0 Å². The number of hydrogen-bond acceptors (Lipinski definition) is 6. The first-order valence-electron chi connectivity index (χ1n) is 10.1. The van der Waals surface area contributed by atoms with Gasteiger partial charge in [-0.05, 0) is 48.0 Å². The minimum Gasteiger partial charge on any atom is -0.507 e. The number of halogens is 1. The summed E-state index contributed by atoms with van der Waals surface area (Å²) in [6.45, 7) is 0.149. The Morgan fingerprint density at radius 2 is 1.82 bits per heavy atom. The minimum atomic E-state index is -0.867. The van der Waals surface area contributed by atoms with Crippen molar-refractivity contribution in [2.45, 2.75) is 12.6 Å². The first-order chi connectivity index (χ1) is 15.9. The van der Waals surface area contributed by atoms with Crippen LogP contribution in [0.1, 0.15) is 22.9 Å². The van der Waals surface area contributed by atoms with Crippen molar-refractivity contribution in [2.24, 2.45) is 0 Å².